The largest absolute Gasteiger partial charge is 0.376 e. The van der Waals surface area contributed by atoms with Gasteiger partial charge in [0, 0.05) is 16.6 Å². The Kier molecular flexibility index (Phi) is 7.01. The molecule has 1 heterocycles. The molecule has 0 fully saturated rings. The normalized spacial score (nSPS) is 11.8. The molecule has 25 heavy (non-hydrogen) atoms. The first-order valence-corrected chi connectivity index (χ1v) is 9.27. The molecule has 6 heteroatoms. The molecule has 1 aromatic carbocycles. The van der Waals surface area contributed by atoms with Crippen LogP contribution >= 0.6 is 11.3 Å². The van der Waals surface area contributed by atoms with Gasteiger partial charge >= 0.3 is 0 Å². The molecule has 0 aliphatic carbocycles. The summed E-state index contributed by atoms with van der Waals surface area (Å²) in [6.07, 6.45) is 0.358. The maximum Gasteiger partial charge on any atom is 0.239 e. The summed E-state index contributed by atoms with van der Waals surface area (Å²) in [5, 5.41) is 10.9. The Hall–Kier alpha value is -2.34. The molecule has 5 nitrogen and oxygen atoms in total. The van der Waals surface area contributed by atoms with E-state index >= 15 is 0 Å². The van der Waals surface area contributed by atoms with Gasteiger partial charge < -0.3 is 16.0 Å². The molecule has 3 N–H and O–H groups in total. The molecule has 1 atom stereocenters. The monoisotopic (exact) mass is 359 g/mol. The summed E-state index contributed by atoms with van der Waals surface area (Å²) >= 11 is 1.63. The van der Waals surface area contributed by atoms with E-state index < -0.39 is 0 Å². The predicted octanol–water partition coefficient (Wildman–Crippen LogP) is 3.10. The second-order valence-corrected chi connectivity index (χ2v) is 7.23. The molecule has 0 aliphatic rings. The molecule has 1 aromatic heterocycles. The van der Waals surface area contributed by atoms with Crippen molar-refractivity contribution in [1.82, 2.24) is 10.6 Å². The van der Waals surface area contributed by atoms with E-state index in [4.69, 9.17) is 0 Å². The number of anilines is 1. The lowest BCUT2D eigenvalue weighted by molar-refractivity contribution is -0.121. The van der Waals surface area contributed by atoms with Crippen molar-refractivity contribution in [3.63, 3.8) is 0 Å². The summed E-state index contributed by atoms with van der Waals surface area (Å²) in [6, 6.07) is 11.7. The SMILES string of the molecule is CC(C)NC(=O)Cc1ccc(NCC(=O)NC(C)c2cccs2)cc1. The van der Waals surface area contributed by atoms with Crippen LogP contribution in [0.4, 0.5) is 5.69 Å². The fraction of sp³-hybridized carbons (Fsp3) is 0.368. The molecule has 0 saturated carbocycles. The van der Waals surface area contributed by atoms with Crippen LogP contribution in [0.2, 0.25) is 0 Å². The Bertz CT molecular complexity index is 681. The quantitative estimate of drug-likeness (QED) is 0.678. The van der Waals surface area contributed by atoms with Gasteiger partial charge in [0.05, 0.1) is 19.0 Å². The molecule has 0 radical (unpaired) electrons. The van der Waals surface area contributed by atoms with Crippen molar-refractivity contribution in [2.24, 2.45) is 0 Å². The molecule has 0 spiro atoms. The summed E-state index contributed by atoms with van der Waals surface area (Å²) in [5.41, 5.74) is 1.80. The van der Waals surface area contributed by atoms with Crippen molar-refractivity contribution in [3.8, 4) is 0 Å². The molecule has 1 unspecified atom stereocenters. The van der Waals surface area contributed by atoms with Gasteiger partial charge in [-0.1, -0.05) is 18.2 Å². The highest BCUT2D eigenvalue weighted by molar-refractivity contribution is 7.10. The molecule has 0 bridgehead atoms. The average molecular weight is 359 g/mol. The topological polar surface area (TPSA) is 70.2 Å². The van der Waals surface area contributed by atoms with Crippen LogP contribution in [0.3, 0.4) is 0 Å². The zero-order valence-electron chi connectivity index (χ0n) is 14.8. The summed E-state index contributed by atoms with van der Waals surface area (Å²) in [7, 11) is 0. The third-order valence-electron chi connectivity index (χ3n) is 3.57. The highest BCUT2D eigenvalue weighted by Crippen LogP contribution is 2.17. The lowest BCUT2D eigenvalue weighted by atomic mass is 10.1. The van der Waals surface area contributed by atoms with Crippen LogP contribution in [0.1, 0.15) is 37.3 Å². The first-order chi connectivity index (χ1) is 11.9. The van der Waals surface area contributed by atoms with E-state index in [1.165, 1.54) is 0 Å². The third-order valence-corrected chi connectivity index (χ3v) is 4.62. The second-order valence-electron chi connectivity index (χ2n) is 6.25. The number of benzene rings is 1. The number of hydrogen-bond acceptors (Lipinski definition) is 4. The van der Waals surface area contributed by atoms with Gasteiger partial charge in [0.1, 0.15) is 0 Å². The number of carbonyl (C=O) groups is 2. The lowest BCUT2D eigenvalue weighted by Gasteiger charge is -2.13. The van der Waals surface area contributed by atoms with Gasteiger partial charge in [0.2, 0.25) is 11.8 Å². The number of hydrogen-bond donors (Lipinski definition) is 3. The van der Waals surface area contributed by atoms with Crippen LogP contribution in [0.25, 0.3) is 0 Å². The highest BCUT2D eigenvalue weighted by atomic mass is 32.1. The maximum atomic E-state index is 12.0. The van der Waals surface area contributed by atoms with Gasteiger partial charge in [-0.3, -0.25) is 9.59 Å². The van der Waals surface area contributed by atoms with Gasteiger partial charge in [-0.2, -0.15) is 0 Å². The predicted molar refractivity (Wildman–Crippen MR) is 103 cm³/mol. The van der Waals surface area contributed by atoms with E-state index in [0.717, 1.165) is 16.1 Å². The average Bonchev–Trinajstić information content (AvgIpc) is 3.08. The molecule has 2 amide bonds. The summed E-state index contributed by atoms with van der Waals surface area (Å²) in [4.78, 5) is 24.9. The molecular formula is C19H25N3O2S. The van der Waals surface area contributed by atoms with Crippen molar-refractivity contribution in [2.45, 2.75) is 39.3 Å². The number of thiophene rings is 1. The maximum absolute atomic E-state index is 12.0. The zero-order chi connectivity index (χ0) is 18.2. The minimum absolute atomic E-state index is 0.0103. The Morgan fingerprint density at radius 3 is 2.32 bits per heavy atom. The van der Waals surface area contributed by atoms with Crippen molar-refractivity contribution in [1.29, 1.82) is 0 Å². The van der Waals surface area contributed by atoms with E-state index in [-0.39, 0.29) is 30.4 Å². The number of nitrogens with one attached hydrogen (secondary N) is 3. The van der Waals surface area contributed by atoms with E-state index in [2.05, 4.69) is 16.0 Å². The van der Waals surface area contributed by atoms with E-state index in [0.29, 0.717) is 6.42 Å². The van der Waals surface area contributed by atoms with Crippen LogP contribution in [0, 0.1) is 0 Å². The Labute approximate surface area is 152 Å². The van der Waals surface area contributed by atoms with Crippen molar-refractivity contribution in [3.05, 3.63) is 52.2 Å². The van der Waals surface area contributed by atoms with E-state index in [9.17, 15) is 9.59 Å². The van der Waals surface area contributed by atoms with Gasteiger partial charge in [0.15, 0.2) is 0 Å². The summed E-state index contributed by atoms with van der Waals surface area (Å²) in [5.74, 6) is -0.0426. The van der Waals surface area contributed by atoms with Gasteiger partial charge in [-0.25, -0.2) is 0 Å². The van der Waals surface area contributed by atoms with Gasteiger partial charge in [0.25, 0.3) is 0 Å². The fourth-order valence-corrected chi connectivity index (χ4v) is 3.12. The highest BCUT2D eigenvalue weighted by Gasteiger charge is 2.10. The van der Waals surface area contributed by atoms with Crippen molar-refractivity contribution in [2.75, 3.05) is 11.9 Å². The van der Waals surface area contributed by atoms with Gasteiger partial charge in [-0.05, 0) is 49.9 Å². The number of amides is 2. The Morgan fingerprint density at radius 2 is 1.72 bits per heavy atom. The minimum atomic E-state index is -0.0544. The van der Waals surface area contributed by atoms with Crippen LogP contribution in [-0.4, -0.2) is 24.4 Å². The molecular weight excluding hydrogens is 334 g/mol. The minimum Gasteiger partial charge on any atom is -0.376 e. The van der Waals surface area contributed by atoms with Crippen LogP contribution in [0.5, 0.6) is 0 Å². The van der Waals surface area contributed by atoms with Crippen LogP contribution in [0.15, 0.2) is 41.8 Å². The van der Waals surface area contributed by atoms with Gasteiger partial charge in [-0.15, -0.1) is 11.3 Å². The second kappa shape index (κ2) is 9.22. The Balaban J connectivity index is 1.77. The third kappa shape index (κ3) is 6.58. The lowest BCUT2D eigenvalue weighted by Crippen LogP contribution is -2.31. The molecule has 2 rings (SSSR count). The zero-order valence-corrected chi connectivity index (χ0v) is 15.7. The van der Waals surface area contributed by atoms with E-state index in [1.807, 2.05) is 62.5 Å². The van der Waals surface area contributed by atoms with Crippen molar-refractivity contribution >= 4 is 28.8 Å². The number of rotatable bonds is 8. The summed E-state index contributed by atoms with van der Waals surface area (Å²) < 4.78 is 0. The summed E-state index contributed by atoms with van der Waals surface area (Å²) in [6.45, 7) is 6.06. The fourth-order valence-electron chi connectivity index (χ4n) is 2.38. The Morgan fingerprint density at radius 1 is 1.00 bits per heavy atom. The molecule has 2 aromatic rings. The smallest absolute Gasteiger partial charge is 0.239 e. The van der Waals surface area contributed by atoms with Crippen LogP contribution in [-0.2, 0) is 16.0 Å². The first kappa shape index (κ1) is 19.0. The van der Waals surface area contributed by atoms with Crippen molar-refractivity contribution < 1.29 is 9.59 Å². The molecule has 134 valence electrons. The molecule has 0 aliphatic heterocycles. The number of carbonyl (C=O) groups excluding carboxylic acids is 2. The standard InChI is InChI=1S/C19H25N3O2S/c1-13(2)21-18(23)11-15-6-8-16(9-7-15)20-12-19(24)22-14(3)17-5-4-10-25-17/h4-10,13-14,20H,11-12H2,1-3H3,(H,21,23)(H,22,24). The first-order valence-electron chi connectivity index (χ1n) is 8.39. The van der Waals surface area contributed by atoms with Crippen LogP contribution < -0.4 is 16.0 Å². The molecule has 0 saturated heterocycles. The van der Waals surface area contributed by atoms with E-state index in [1.54, 1.807) is 11.3 Å².